The molecule has 1 aromatic heterocycles. The summed E-state index contributed by atoms with van der Waals surface area (Å²) in [6.45, 7) is -0.680. The molecular formula is C15H16F3N3O2. The Morgan fingerprint density at radius 1 is 1.35 bits per heavy atom. The molecule has 5 nitrogen and oxygen atoms in total. The van der Waals surface area contributed by atoms with E-state index < -0.39 is 24.9 Å². The molecule has 0 aliphatic carbocycles. The topological polar surface area (TPSA) is 65.5 Å². The van der Waals surface area contributed by atoms with E-state index in [1.807, 2.05) is 24.3 Å². The zero-order valence-electron chi connectivity index (χ0n) is 12.3. The molecule has 23 heavy (non-hydrogen) atoms. The van der Waals surface area contributed by atoms with Crippen LogP contribution in [0.25, 0.3) is 10.9 Å². The fraction of sp³-hybridized carbons (Fsp3) is 0.333. The molecule has 2 rings (SSSR count). The van der Waals surface area contributed by atoms with Crippen molar-refractivity contribution < 1.29 is 23.1 Å². The molecule has 8 heteroatoms. The van der Waals surface area contributed by atoms with E-state index in [0.717, 1.165) is 21.4 Å². The summed E-state index contributed by atoms with van der Waals surface area (Å²) in [6, 6.07) is 8.38. The number of carbonyl (C=O) groups excluding carboxylic acids is 1. The van der Waals surface area contributed by atoms with Crippen LogP contribution in [-0.4, -0.2) is 46.9 Å². The number of para-hydroxylation sites is 1. The predicted octanol–water partition coefficient (Wildman–Crippen LogP) is 2.30. The molecule has 2 amide bonds. The summed E-state index contributed by atoms with van der Waals surface area (Å²) in [4.78, 5) is 16.8. The molecule has 0 saturated heterocycles. The Kier molecular flexibility index (Phi) is 5.05. The van der Waals surface area contributed by atoms with Crippen LogP contribution in [0.1, 0.15) is 5.56 Å². The van der Waals surface area contributed by atoms with Crippen LogP contribution in [0.3, 0.4) is 0 Å². The maximum absolute atomic E-state index is 12.3. The van der Waals surface area contributed by atoms with Gasteiger partial charge in [0, 0.05) is 25.2 Å². The highest BCUT2D eigenvalue weighted by atomic mass is 19.4. The Morgan fingerprint density at radius 3 is 2.74 bits per heavy atom. The Hall–Kier alpha value is -2.35. The largest absolute Gasteiger partial charge is 0.416 e. The molecule has 0 fully saturated rings. The molecule has 0 aliphatic heterocycles. The highest BCUT2D eigenvalue weighted by Crippen LogP contribution is 2.20. The van der Waals surface area contributed by atoms with Crippen molar-refractivity contribution in [3.8, 4) is 0 Å². The molecule has 2 aromatic rings. The minimum Gasteiger partial charge on any atom is -0.382 e. The highest BCUT2D eigenvalue weighted by molar-refractivity contribution is 5.82. The van der Waals surface area contributed by atoms with Crippen LogP contribution in [0.15, 0.2) is 36.5 Å². The van der Waals surface area contributed by atoms with Crippen LogP contribution in [0.5, 0.6) is 0 Å². The third-order valence-corrected chi connectivity index (χ3v) is 3.34. The van der Waals surface area contributed by atoms with Gasteiger partial charge in [-0.05, 0) is 17.7 Å². The number of amides is 2. The molecular weight excluding hydrogens is 311 g/mol. The summed E-state index contributed by atoms with van der Waals surface area (Å²) in [6.07, 6.45) is -5.73. The number of hydrogen-bond donors (Lipinski definition) is 2. The Morgan fingerprint density at radius 2 is 2.04 bits per heavy atom. The predicted molar refractivity (Wildman–Crippen MR) is 78.7 cm³/mol. The van der Waals surface area contributed by atoms with Gasteiger partial charge in [-0.1, -0.05) is 18.2 Å². The third kappa shape index (κ3) is 4.32. The minimum absolute atomic E-state index is 0.147. The van der Waals surface area contributed by atoms with Crippen LogP contribution in [0.4, 0.5) is 18.0 Å². The van der Waals surface area contributed by atoms with Gasteiger partial charge in [-0.25, -0.2) is 4.79 Å². The Bertz CT molecular complexity index is 686. The van der Waals surface area contributed by atoms with Crippen molar-refractivity contribution in [2.45, 2.75) is 18.8 Å². The van der Waals surface area contributed by atoms with Crippen LogP contribution in [0, 0.1) is 0 Å². The summed E-state index contributed by atoms with van der Waals surface area (Å²) >= 11 is 0. The lowest BCUT2D eigenvalue weighted by Gasteiger charge is -2.22. The van der Waals surface area contributed by atoms with Gasteiger partial charge >= 0.3 is 12.2 Å². The van der Waals surface area contributed by atoms with Gasteiger partial charge < -0.3 is 15.3 Å². The van der Waals surface area contributed by atoms with Gasteiger partial charge in [0.1, 0.15) is 0 Å². The lowest BCUT2D eigenvalue weighted by molar-refractivity contribution is -0.205. The van der Waals surface area contributed by atoms with Crippen molar-refractivity contribution in [2.24, 2.45) is 0 Å². The van der Waals surface area contributed by atoms with E-state index in [1.165, 1.54) is 7.05 Å². The van der Waals surface area contributed by atoms with E-state index in [2.05, 4.69) is 10.3 Å². The van der Waals surface area contributed by atoms with Crippen LogP contribution in [0.2, 0.25) is 0 Å². The number of aromatic nitrogens is 1. The molecule has 0 saturated carbocycles. The fourth-order valence-electron chi connectivity index (χ4n) is 2.06. The number of urea groups is 1. The van der Waals surface area contributed by atoms with Gasteiger partial charge in [0.25, 0.3) is 0 Å². The molecule has 1 heterocycles. The number of aliphatic hydroxyl groups is 1. The number of likely N-dealkylation sites (N-methyl/N-ethyl adjacent to an activating group) is 1. The molecule has 0 radical (unpaired) electrons. The van der Waals surface area contributed by atoms with Crippen LogP contribution >= 0.6 is 0 Å². The van der Waals surface area contributed by atoms with E-state index in [-0.39, 0.29) is 6.54 Å². The van der Waals surface area contributed by atoms with Gasteiger partial charge in [-0.2, -0.15) is 13.2 Å². The number of carbonyl (C=O) groups is 1. The average molecular weight is 327 g/mol. The van der Waals surface area contributed by atoms with Gasteiger partial charge in [-0.15, -0.1) is 0 Å². The Balaban J connectivity index is 1.98. The third-order valence-electron chi connectivity index (χ3n) is 3.34. The number of fused-ring (bicyclic) bond motifs is 1. The summed E-state index contributed by atoms with van der Waals surface area (Å²) in [7, 11) is 1.19. The number of nitrogens with one attached hydrogen (secondary N) is 1. The molecule has 0 aliphatic rings. The minimum atomic E-state index is -4.75. The number of pyridine rings is 1. The molecule has 1 atom stereocenters. The summed E-state index contributed by atoms with van der Waals surface area (Å²) in [5, 5.41) is 12.4. The number of aliphatic hydroxyl groups excluding tert-OH is 1. The summed E-state index contributed by atoms with van der Waals surface area (Å²) < 4.78 is 36.8. The van der Waals surface area contributed by atoms with Crippen molar-refractivity contribution in [3.05, 3.63) is 42.1 Å². The molecule has 0 bridgehead atoms. The summed E-state index contributed by atoms with van der Waals surface area (Å²) in [5.41, 5.74) is 1.56. The fourth-order valence-corrected chi connectivity index (χ4v) is 2.06. The van der Waals surface area contributed by atoms with E-state index in [1.54, 1.807) is 12.3 Å². The maximum Gasteiger partial charge on any atom is 0.416 e. The average Bonchev–Trinajstić information content (AvgIpc) is 2.51. The normalized spacial score (nSPS) is 12.9. The standard InChI is InChI=1S/C15H16F3N3O2/c1-21(9-13(22)15(16,17)18)14(23)20-8-10-6-7-19-12-5-3-2-4-11(10)12/h2-7,13,22H,8-9H2,1H3,(H,20,23)/t13-/m1/s1. The quantitative estimate of drug-likeness (QED) is 0.906. The van der Waals surface area contributed by atoms with Gasteiger partial charge in [0.05, 0.1) is 12.1 Å². The lowest BCUT2D eigenvalue weighted by Crippen LogP contribution is -2.45. The van der Waals surface area contributed by atoms with E-state index >= 15 is 0 Å². The van der Waals surface area contributed by atoms with Crippen molar-refractivity contribution in [1.82, 2.24) is 15.2 Å². The smallest absolute Gasteiger partial charge is 0.382 e. The number of halogens is 3. The molecule has 124 valence electrons. The maximum atomic E-state index is 12.3. The van der Waals surface area contributed by atoms with Gasteiger partial charge in [0.2, 0.25) is 0 Å². The number of rotatable bonds is 4. The van der Waals surface area contributed by atoms with Crippen molar-refractivity contribution >= 4 is 16.9 Å². The molecule has 1 aromatic carbocycles. The number of hydrogen-bond acceptors (Lipinski definition) is 3. The van der Waals surface area contributed by atoms with Gasteiger partial charge in [0.15, 0.2) is 6.10 Å². The first kappa shape index (κ1) is 17.0. The zero-order valence-corrected chi connectivity index (χ0v) is 12.3. The first-order valence-electron chi connectivity index (χ1n) is 6.85. The summed E-state index contributed by atoms with van der Waals surface area (Å²) in [5.74, 6) is 0. The van der Waals surface area contributed by atoms with Crippen molar-refractivity contribution in [3.63, 3.8) is 0 Å². The Labute approximate surface area is 130 Å². The zero-order chi connectivity index (χ0) is 17.0. The number of benzene rings is 1. The first-order chi connectivity index (χ1) is 10.8. The molecule has 0 spiro atoms. The lowest BCUT2D eigenvalue weighted by atomic mass is 10.1. The van der Waals surface area contributed by atoms with E-state index in [0.29, 0.717) is 0 Å². The first-order valence-corrected chi connectivity index (χ1v) is 6.85. The van der Waals surface area contributed by atoms with Crippen molar-refractivity contribution in [1.29, 1.82) is 0 Å². The van der Waals surface area contributed by atoms with Crippen molar-refractivity contribution in [2.75, 3.05) is 13.6 Å². The molecule has 2 N–H and O–H groups in total. The van der Waals surface area contributed by atoms with E-state index in [9.17, 15) is 18.0 Å². The van der Waals surface area contributed by atoms with Crippen LogP contribution in [-0.2, 0) is 6.54 Å². The second kappa shape index (κ2) is 6.82. The number of nitrogens with zero attached hydrogens (tertiary/aromatic N) is 2. The van der Waals surface area contributed by atoms with E-state index in [4.69, 9.17) is 5.11 Å². The highest BCUT2D eigenvalue weighted by Gasteiger charge is 2.39. The second-order valence-corrected chi connectivity index (χ2v) is 5.08. The monoisotopic (exact) mass is 327 g/mol. The van der Waals surface area contributed by atoms with Crippen LogP contribution < -0.4 is 5.32 Å². The molecule has 0 unspecified atom stereocenters. The van der Waals surface area contributed by atoms with Gasteiger partial charge in [-0.3, -0.25) is 4.98 Å². The second-order valence-electron chi connectivity index (χ2n) is 5.08. The number of alkyl halides is 3. The SMILES string of the molecule is CN(C[C@@H](O)C(F)(F)F)C(=O)NCc1ccnc2ccccc12.